The lowest BCUT2D eigenvalue weighted by molar-refractivity contribution is 0.221. The molecule has 4 N–H and O–H groups in total. The lowest BCUT2D eigenvalue weighted by atomic mass is 10.1. The van der Waals surface area contributed by atoms with Crippen LogP contribution < -0.4 is 18.9 Å². The lowest BCUT2D eigenvalue weighted by Crippen LogP contribution is -2.10. The first-order chi connectivity index (χ1) is 70.4. The van der Waals surface area contributed by atoms with Crippen LogP contribution in [0.5, 0.6) is 47.0 Å². The number of para-hydroxylation sites is 13. The molecule has 16 aromatic carbocycles. The Hall–Kier alpha value is -18.8. The summed E-state index contributed by atoms with van der Waals surface area (Å²) in [6.07, 6.45) is -0.457. The molecule has 24 heteroatoms. The molecule has 0 saturated carbocycles. The average Bonchev–Trinajstić information content (AvgIpc) is 1.22. The number of nitrogens with zero attached hydrogens (tertiary/aromatic N) is 16. The van der Waals surface area contributed by atoms with Gasteiger partial charge in [-0.1, -0.05) is 231 Å². The largest absolute Gasteiger partial charge is 0.507 e. The Morgan fingerprint density at radius 3 is 0.861 bits per heavy atom. The third-order valence-corrected chi connectivity index (χ3v) is 24.2. The van der Waals surface area contributed by atoms with Crippen molar-refractivity contribution < 1.29 is 39.4 Å². The van der Waals surface area contributed by atoms with Crippen molar-refractivity contribution in [3.05, 3.63) is 388 Å². The number of hydrogen-bond donors (Lipinski definition) is 4. The Morgan fingerprint density at radius 1 is 0.188 bits per heavy atom. The molecule has 0 saturated heterocycles. The quantitative estimate of drug-likeness (QED) is 0.0551. The van der Waals surface area contributed by atoms with Crippen molar-refractivity contribution in [3.8, 4) is 161 Å². The smallest absolute Gasteiger partial charge is 0.320 e. The Morgan fingerprint density at radius 2 is 0.444 bits per heavy atom. The number of hydrogen-bond acceptors (Lipinski definition) is 20. The number of ether oxygens (including phenoxy) is 4. The van der Waals surface area contributed by atoms with Crippen LogP contribution in [-0.4, -0.2) is 123 Å². The first-order valence-electron chi connectivity index (χ1n) is 47.5. The summed E-state index contributed by atoms with van der Waals surface area (Å²) >= 11 is 0. The van der Waals surface area contributed by atoms with Gasteiger partial charge in [0.05, 0.1) is 90.8 Å². The van der Waals surface area contributed by atoms with E-state index in [-0.39, 0.29) is 71.5 Å². The van der Waals surface area contributed by atoms with Crippen molar-refractivity contribution in [1.82, 2.24) is 78.1 Å². The molecule has 0 radical (unpaired) electrons. The molecule has 24 nitrogen and oxygen atoms in total. The van der Waals surface area contributed by atoms with Crippen LogP contribution in [0.25, 0.3) is 201 Å². The molecular weight excluding hydrogens is 1790 g/mol. The number of fused-ring (bicyclic) bond motifs is 12. The highest BCUT2D eigenvalue weighted by Crippen LogP contribution is 2.45. The van der Waals surface area contributed by atoms with Crippen LogP contribution in [0.4, 0.5) is 0 Å². The van der Waals surface area contributed by atoms with Crippen molar-refractivity contribution in [2.45, 2.75) is 79.8 Å². The molecule has 704 valence electrons. The monoisotopic (exact) mass is 1890 g/mol. The zero-order valence-corrected chi connectivity index (χ0v) is 79.8. The first kappa shape index (κ1) is 91.6. The number of phenols is 4. The highest BCUT2D eigenvalue weighted by atomic mass is 16.5. The second-order valence-corrected chi connectivity index (χ2v) is 35.4. The number of aromatic hydroxyl groups is 4. The van der Waals surface area contributed by atoms with E-state index in [1.165, 1.54) is 5.39 Å². The minimum Gasteiger partial charge on any atom is -0.507 e. The maximum Gasteiger partial charge on any atom is 0.320 e. The minimum absolute atomic E-state index is 0.0988. The number of phenolic OH excluding ortho intramolecular Hbond substituents is 4. The van der Waals surface area contributed by atoms with Crippen molar-refractivity contribution >= 4 is 87.2 Å². The summed E-state index contributed by atoms with van der Waals surface area (Å²) < 4.78 is 32.5. The molecule has 24 aromatic rings. The van der Waals surface area contributed by atoms with Gasteiger partial charge in [-0.3, -0.25) is 0 Å². The molecule has 8 aromatic heterocycles. The van der Waals surface area contributed by atoms with Gasteiger partial charge in [-0.05, 0) is 213 Å². The van der Waals surface area contributed by atoms with Gasteiger partial charge in [0, 0.05) is 88.1 Å². The fourth-order valence-corrected chi connectivity index (χ4v) is 18.1. The SMILES string of the molecule is CC(C)Oc1nc(-c2ccc3c(c2)c2ccccc2n3-c2ccccc2)nc(-c2ccccc2O)n1.CC(C)Oc1nc(-c2ccc3c4ccccc4n(-c4ccccc4)c3c2)nc(-c2ccccc2O)n1.CC(C)Oc1nc(-c2ccccc2O)nc(-c2cccc3c2c2ccccc2n3-c2ccccc2)n1.CC(C)Oc1nc(-c2ccccc2O)nc(-c2cccc3c4ccccc4n(-c4ccccc4)c23)n1. The van der Waals surface area contributed by atoms with E-state index >= 15 is 0 Å². The number of benzene rings is 16. The molecule has 24 rings (SSSR count). The lowest BCUT2D eigenvalue weighted by Gasteiger charge is -2.13. The summed E-state index contributed by atoms with van der Waals surface area (Å²) in [5.41, 5.74) is 18.4. The summed E-state index contributed by atoms with van der Waals surface area (Å²) in [6, 6.07) is 128. The topological polar surface area (TPSA) is 292 Å². The summed E-state index contributed by atoms with van der Waals surface area (Å²) in [5, 5.41) is 50.8. The third kappa shape index (κ3) is 18.5. The van der Waals surface area contributed by atoms with E-state index in [0.717, 1.165) is 127 Å². The normalized spacial score (nSPS) is 11.4. The molecule has 0 aliphatic carbocycles. The van der Waals surface area contributed by atoms with Crippen LogP contribution in [-0.2, 0) is 0 Å². The Kier molecular flexibility index (Phi) is 25.4. The van der Waals surface area contributed by atoms with E-state index in [9.17, 15) is 20.4 Å². The molecule has 0 spiro atoms. The standard InChI is InChI=1S/4C30H24N4O2/c1-19(2)36-30-32-28(23-14-7-9-18-26(23)35)31-29(33-30)24-16-10-15-22-21-13-6-8-17-25(21)34(27(22)24)20-11-4-3-5-12-20;1-19(2)36-30-32-28(22-14-7-9-18-26(22)35)31-29(33-30)23-15-10-17-25-27(23)21-13-6-8-16-24(21)34(25)20-11-4-3-5-12-20;1-19(2)36-30-32-28(31-29(33-30)24-13-7-9-15-27(24)35)20-16-17-23-22-12-6-8-14-25(22)34(26(23)18-20)21-10-4-3-5-11-21;1-19(2)36-30-32-28(31-29(33-30)23-13-7-9-15-27(23)35)20-16-17-26-24(18-20)22-12-6-8-14-25(22)34(26)21-10-4-3-5-11-21/h4*3-19,35H,1-2H3. The molecule has 8 heterocycles. The van der Waals surface area contributed by atoms with E-state index < -0.39 is 0 Å². The Balaban J connectivity index is 0.000000113. The van der Waals surface area contributed by atoms with Gasteiger partial charge < -0.3 is 57.6 Å². The Labute approximate surface area is 828 Å². The molecule has 0 atom stereocenters. The van der Waals surface area contributed by atoms with Gasteiger partial charge in [0.2, 0.25) is 0 Å². The van der Waals surface area contributed by atoms with Gasteiger partial charge in [0.15, 0.2) is 46.6 Å². The summed E-state index contributed by atoms with van der Waals surface area (Å²) in [4.78, 5) is 55.7. The first-order valence-corrected chi connectivity index (χ1v) is 47.5. The molecule has 0 aliphatic heterocycles. The van der Waals surface area contributed by atoms with Gasteiger partial charge in [-0.2, -0.15) is 39.9 Å². The van der Waals surface area contributed by atoms with Gasteiger partial charge >= 0.3 is 24.0 Å². The summed E-state index contributed by atoms with van der Waals surface area (Å²) in [7, 11) is 0. The Bertz CT molecular complexity index is 8810. The van der Waals surface area contributed by atoms with Crippen LogP contribution in [0.2, 0.25) is 0 Å². The van der Waals surface area contributed by atoms with Crippen LogP contribution >= 0.6 is 0 Å². The highest BCUT2D eigenvalue weighted by molar-refractivity contribution is 6.17. The van der Waals surface area contributed by atoms with E-state index in [0.29, 0.717) is 68.8 Å². The van der Waals surface area contributed by atoms with Crippen molar-refractivity contribution in [2.75, 3.05) is 0 Å². The van der Waals surface area contributed by atoms with Gasteiger partial charge in [0.1, 0.15) is 23.0 Å². The van der Waals surface area contributed by atoms with E-state index in [2.05, 4.69) is 212 Å². The second kappa shape index (κ2) is 39.9. The summed E-state index contributed by atoms with van der Waals surface area (Å²) in [5.74, 6) is 3.76. The number of rotatable bonds is 20. The predicted molar refractivity (Wildman–Crippen MR) is 570 cm³/mol. The number of aromatic nitrogens is 16. The molecule has 0 fully saturated rings. The van der Waals surface area contributed by atoms with Crippen LogP contribution in [0.15, 0.2) is 388 Å². The maximum absolute atomic E-state index is 10.5. The van der Waals surface area contributed by atoms with E-state index in [1.54, 1.807) is 72.8 Å². The van der Waals surface area contributed by atoms with Gasteiger partial charge in [0.25, 0.3) is 0 Å². The molecule has 0 amide bonds. The third-order valence-electron chi connectivity index (χ3n) is 24.2. The minimum atomic E-state index is -0.121. The van der Waals surface area contributed by atoms with Crippen LogP contribution in [0.1, 0.15) is 55.4 Å². The van der Waals surface area contributed by atoms with E-state index in [1.807, 2.05) is 207 Å². The van der Waals surface area contributed by atoms with Gasteiger partial charge in [-0.15, -0.1) is 0 Å². The van der Waals surface area contributed by atoms with E-state index in [4.69, 9.17) is 48.9 Å². The molecule has 0 unspecified atom stereocenters. The molecule has 0 bridgehead atoms. The predicted octanol–water partition coefficient (Wildman–Crippen LogP) is 27.2. The zero-order chi connectivity index (χ0) is 98.6. The van der Waals surface area contributed by atoms with Crippen molar-refractivity contribution in [3.63, 3.8) is 0 Å². The highest BCUT2D eigenvalue weighted by Gasteiger charge is 2.27. The van der Waals surface area contributed by atoms with Crippen LogP contribution in [0.3, 0.4) is 0 Å². The maximum atomic E-state index is 10.5. The fourth-order valence-electron chi connectivity index (χ4n) is 18.1. The summed E-state index contributed by atoms with van der Waals surface area (Å²) in [6.45, 7) is 15.4. The molecular formula is C120H96N16O8. The fraction of sp³-hybridized carbons (Fsp3) is 0.100. The van der Waals surface area contributed by atoms with Crippen molar-refractivity contribution in [2.24, 2.45) is 0 Å². The van der Waals surface area contributed by atoms with Crippen LogP contribution in [0, 0.1) is 0 Å². The zero-order valence-electron chi connectivity index (χ0n) is 79.8. The molecule has 144 heavy (non-hydrogen) atoms. The average molecular weight is 1890 g/mol. The van der Waals surface area contributed by atoms with Crippen molar-refractivity contribution in [1.29, 1.82) is 0 Å². The molecule has 0 aliphatic rings. The second-order valence-electron chi connectivity index (χ2n) is 35.4. The van der Waals surface area contributed by atoms with Gasteiger partial charge in [-0.25, -0.2) is 19.9 Å².